The molecule has 3 aromatic carbocycles. The summed E-state index contributed by atoms with van der Waals surface area (Å²) in [6.07, 6.45) is 12.9. The van der Waals surface area contributed by atoms with Crippen LogP contribution < -0.4 is 9.47 Å². The molecule has 0 spiro atoms. The number of fused-ring (bicyclic) bond motifs is 2. The SMILES string of the molecule is C=CCO[C@@]12Oc3ccc(OCCSc4ccccc4)cc3[C@H]3[C@H](CCCCO)[C@@H](CCCCO)C=C(C(=NOC4CCCCO4)C[C@@H]1N(Cc1ccc(F)cc1)C(=O)C1CC1)[C@H]32. The highest BCUT2D eigenvalue weighted by molar-refractivity contribution is 7.99. The number of oxime groups is 1. The summed E-state index contributed by atoms with van der Waals surface area (Å²) in [7, 11) is 0. The van der Waals surface area contributed by atoms with Gasteiger partial charge in [0.2, 0.25) is 18.0 Å². The Hall–Kier alpha value is -4.20. The molecule has 2 heterocycles. The lowest BCUT2D eigenvalue weighted by Crippen LogP contribution is -2.70. The molecule has 10 nitrogen and oxygen atoms in total. The highest BCUT2D eigenvalue weighted by Crippen LogP contribution is 2.62. The van der Waals surface area contributed by atoms with Gasteiger partial charge in [-0.05, 0) is 117 Å². The van der Waals surface area contributed by atoms with Crippen molar-refractivity contribution in [2.24, 2.45) is 28.8 Å². The van der Waals surface area contributed by atoms with E-state index in [1.807, 2.05) is 35.2 Å². The van der Waals surface area contributed by atoms with Crippen molar-refractivity contribution in [3.05, 3.63) is 114 Å². The third-order valence-corrected chi connectivity index (χ3v) is 14.3. The molecular weight excluding hydrogens is 820 g/mol. The van der Waals surface area contributed by atoms with Crippen molar-refractivity contribution in [1.82, 2.24) is 4.90 Å². The van der Waals surface area contributed by atoms with Gasteiger partial charge >= 0.3 is 0 Å². The second-order valence-corrected chi connectivity index (χ2v) is 18.7. The first-order chi connectivity index (χ1) is 30.9. The molecule has 1 amide bonds. The number of aliphatic hydroxyl groups excluding tert-OH is 2. The minimum absolute atomic E-state index is 0.00877. The molecule has 2 N–H and O–H groups in total. The van der Waals surface area contributed by atoms with E-state index in [-0.39, 0.29) is 68.2 Å². The third kappa shape index (κ3) is 10.7. The topological polar surface area (TPSA) is 119 Å². The normalized spacial score (nSPS) is 26.8. The number of carbonyl (C=O) groups is 1. The molecule has 338 valence electrons. The van der Waals surface area contributed by atoms with Crippen LogP contribution >= 0.6 is 11.8 Å². The zero-order valence-corrected chi connectivity index (χ0v) is 37.1. The summed E-state index contributed by atoms with van der Waals surface area (Å²) in [5.41, 5.74) is 3.51. The minimum Gasteiger partial charge on any atom is -0.493 e. The Balaban J connectivity index is 1.27. The second kappa shape index (κ2) is 21.7. The smallest absolute Gasteiger partial charge is 0.239 e. The molecule has 0 bridgehead atoms. The van der Waals surface area contributed by atoms with Crippen molar-refractivity contribution in [2.45, 2.75) is 113 Å². The predicted octanol–water partition coefficient (Wildman–Crippen LogP) is 9.60. The van der Waals surface area contributed by atoms with E-state index in [0.717, 1.165) is 91.7 Å². The van der Waals surface area contributed by atoms with Crippen LogP contribution in [0.4, 0.5) is 4.39 Å². The fourth-order valence-corrected chi connectivity index (χ4v) is 10.9. The zero-order valence-electron chi connectivity index (χ0n) is 36.3. The Labute approximate surface area is 375 Å². The molecule has 8 rings (SSSR count). The number of aliphatic hydroxyl groups is 2. The first-order valence-corrected chi connectivity index (χ1v) is 24.1. The Morgan fingerprint density at radius 2 is 1.78 bits per heavy atom. The Kier molecular flexibility index (Phi) is 15.6. The number of allylic oxidation sites excluding steroid dienone is 1. The van der Waals surface area contributed by atoms with E-state index < -0.39 is 24.0 Å². The Morgan fingerprint density at radius 3 is 2.51 bits per heavy atom. The predicted molar refractivity (Wildman–Crippen MR) is 242 cm³/mol. The number of carbonyl (C=O) groups excluding carboxylic acids is 1. The van der Waals surface area contributed by atoms with Crippen molar-refractivity contribution in [2.75, 3.05) is 38.8 Å². The van der Waals surface area contributed by atoms with E-state index in [2.05, 4.69) is 30.9 Å². The zero-order chi connectivity index (χ0) is 43.6. The van der Waals surface area contributed by atoms with Gasteiger partial charge < -0.3 is 38.9 Å². The molecule has 5 aliphatic rings. The van der Waals surface area contributed by atoms with E-state index >= 15 is 0 Å². The van der Waals surface area contributed by atoms with Gasteiger partial charge in [-0.15, -0.1) is 18.3 Å². The van der Waals surface area contributed by atoms with Gasteiger partial charge in [0.1, 0.15) is 23.4 Å². The second-order valence-electron chi connectivity index (χ2n) is 17.6. The van der Waals surface area contributed by atoms with Gasteiger partial charge in [0.25, 0.3) is 0 Å². The fraction of sp³-hybridized carbons (Fsp3) is 0.529. The first kappa shape index (κ1) is 45.4. The molecule has 3 aliphatic carbocycles. The molecule has 63 heavy (non-hydrogen) atoms. The molecule has 3 fully saturated rings. The van der Waals surface area contributed by atoms with Crippen LogP contribution in [0.25, 0.3) is 0 Å². The number of thioether (sulfide) groups is 1. The number of halogens is 1. The summed E-state index contributed by atoms with van der Waals surface area (Å²) in [6.45, 7) is 5.79. The number of ether oxygens (including phenoxy) is 4. The van der Waals surface area contributed by atoms with Crippen LogP contribution in [-0.4, -0.2) is 83.6 Å². The van der Waals surface area contributed by atoms with Crippen molar-refractivity contribution in [1.29, 1.82) is 0 Å². The Bertz CT molecular complexity index is 2040. The van der Waals surface area contributed by atoms with Gasteiger partial charge in [-0.1, -0.05) is 60.5 Å². The lowest BCUT2D eigenvalue weighted by Gasteiger charge is -2.60. The summed E-state index contributed by atoms with van der Waals surface area (Å²) < 4.78 is 41.4. The molecule has 12 heteroatoms. The van der Waals surface area contributed by atoms with Gasteiger partial charge in [0.15, 0.2) is 0 Å². The van der Waals surface area contributed by atoms with Gasteiger partial charge in [0, 0.05) is 60.6 Å². The maximum absolute atomic E-state index is 14.8. The van der Waals surface area contributed by atoms with Gasteiger partial charge in [0.05, 0.1) is 31.5 Å². The monoisotopic (exact) mass is 882 g/mol. The average Bonchev–Trinajstić information content (AvgIpc) is 4.17. The largest absolute Gasteiger partial charge is 0.493 e. The Morgan fingerprint density at radius 1 is 0.984 bits per heavy atom. The molecule has 0 radical (unpaired) electrons. The summed E-state index contributed by atoms with van der Waals surface area (Å²) in [5, 5.41) is 24.9. The lowest BCUT2D eigenvalue weighted by molar-refractivity contribution is -0.258. The van der Waals surface area contributed by atoms with Gasteiger partial charge in [-0.3, -0.25) is 4.79 Å². The number of amides is 1. The van der Waals surface area contributed by atoms with Crippen LogP contribution in [0.15, 0.2) is 107 Å². The summed E-state index contributed by atoms with van der Waals surface area (Å²) in [4.78, 5) is 24.2. The summed E-state index contributed by atoms with van der Waals surface area (Å²) in [5.74, 6) is -0.114. The third-order valence-electron chi connectivity index (χ3n) is 13.3. The van der Waals surface area contributed by atoms with Crippen LogP contribution in [-0.2, 0) is 25.7 Å². The minimum atomic E-state index is -1.39. The van der Waals surface area contributed by atoms with E-state index in [9.17, 15) is 19.4 Å². The molecule has 7 atom stereocenters. The van der Waals surface area contributed by atoms with Crippen LogP contribution in [0.1, 0.15) is 94.1 Å². The van der Waals surface area contributed by atoms with Crippen molar-refractivity contribution < 1.29 is 43.2 Å². The van der Waals surface area contributed by atoms with Crippen LogP contribution in [0, 0.1) is 29.5 Å². The van der Waals surface area contributed by atoms with E-state index in [1.165, 1.54) is 17.0 Å². The van der Waals surface area contributed by atoms with Crippen molar-refractivity contribution in [3.8, 4) is 11.5 Å². The van der Waals surface area contributed by atoms with E-state index in [0.29, 0.717) is 31.8 Å². The first-order valence-electron chi connectivity index (χ1n) is 23.1. The summed E-state index contributed by atoms with van der Waals surface area (Å²) in [6, 6.07) is 22.1. The maximum atomic E-state index is 14.8. The summed E-state index contributed by atoms with van der Waals surface area (Å²) >= 11 is 1.75. The van der Waals surface area contributed by atoms with Crippen molar-refractivity contribution >= 4 is 23.4 Å². The molecule has 1 unspecified atom stereocenters. The maximum Gasteiger partial charge on any atom is 0.239 e. The number of benzene rings is 3. The quantitative estimate of drug-likeness (QED) is 0.0440. The highest BCUT2D eigenvalue weighted by atomic mass is 32.2. The standard InChI is InChI=1S/C51H63FN2O8S/c1-2-27-60-51-46(54(50(57)36-19-20-36)34-35-17-21-38(52)22-18-35)33-44(53-62-47-16-8-11-28-59-47)42-31-37(12-6-9-25-55)41(15-7-10-26-56)48(49(42)51)43-32-39(23-24-45(43)61-51)58-29-30-63-40-13-4-3-5-14-40/h2-5,13-14,17-18,21-24,31-32,36-37,41,46-49,55-56H,1,6-12,15-16,19-20,25-30,33-34H2/t37-,41+,46-,47?,48+,49+,51+/m0/s1. The molecule has 3 aromatic rings. The molecular formula is C51H63FN2O8S. The lowest BCUT2D eigenvalue weighted by atomic mass is 9.55. The molecule has 0 aromatic heterocycles. The molecule has 2 saturated carbocycles. The molecule has 2 aliphatic heterocycles. The van der Waals surface area contributed by atoms with Crippen LogP contribution in [0.2, 0.25) is 0 Å². The number of nitrogens with zero attached hydrogens (tertiary/aromatic N) is 2. The van der Waals surface area contributed by atoms with Gasteiger partial charge in [-0.2, -0.15) is 0 Å². The van der Waals surface area contributed by atoms with Crippen LogP contribution in [0.5, 0.6) is 11.5 Å². The number of rotatable bonds is 22. The number of hydrogen-bond acceptors (Lipinski definition) is 10. The van der Waals surface area contributed by atoms with Crippen LogP contribution in [0.3, 0.4) is 0 Å². The fourth-order valence-electron chi connectivity index (χ4n) is 10.2. The van der Waals surface area contributed by atoms with Gasteiger partial charge in [-0.25, -0.2) is 4.39 Å². The van der Waals surface area contributed by atoms with E-state index in [1.54, 1.807) is 30.0 Å². The average molecular weight is 883 g/mol. The van der Waals surface area contributed by atoms with E-state index in [4.69, 9.17) is 28.9 Å². The number of hydrogen-bond donors (Lipinski definition) is 2. The highest BCUT2D eigenvalue weighted by Gasteiger charge is 2.66. The molecule has 1 saturated heterocycles. The number of unbranched alkanes of at least 4 members (excludes halogenated alkanes) is 2. The van der Waals surface area contributed by atoms with Crippen molar-refractivity contribution in [3.63, 3.8) is 0 Å².